The van der Waals surface area contributed by atoms with E-state index < -0.39 is 10.0 Å². The van der Waals surface area contributed by atoms with Crippen LogP contribution in [-0.4, -0.2) is 37.2 Å². The summed E-state index contributed by atoms with van der Waals surface area (Å²) in [4.78, 5) is 0.102. The highest BCUT2D eigenvalue weighted by atomic mass is 32.2. The van der Waals surface area contributed by atoms with Crippen molar-refractivity contribution in [1.29, 1.82) is 0 Å². The molecule has 1 unspecified atom stereocenters. The van der Waals surface area contributed by atoms with E-state index in [4.69, 9.17) is 5.73 Å². The molecule has 1 aliphatic rings. The first-order valence-corrected chi connectivity index (χ1v) is 8.48. The molecule has 2 rings (SSSR count). The van der Waals surface area contributed by atoms with Gasteiger partial charge in [0, 0.05) is 20.1 Å². The van der Waals surface area contributed by atoms with Crippen LogP contribution in [0.5, 0.6) is 0 Å². The zero-order valence-corrected chi connectivity index (χ0v) is 13.0. The monoisotopic (exact) mass is 304 g/mol. The van der Waals surface area contributed by atoms with Crippen LogP contribution in [0.3, 0.4) is 0 Å². The second-order valence-electron chi connectivity index (χ2n) is 5.24. The second kappa shape index (κ2) is 5.26. The molecule has 1 saturated carbocycles. The van der Waals surface area contributed by atoms with Crippen molar-refractivity contribution in [3.63, 3.8) is 0 Å². The summed E-state index contributed by atoms with van der Waals surface area (Å²) in [5, 5.41) is 3.77. The zero-order chi connectivity index (χ0) is 14.2. The lowest BCUT2D eigenvalue weighted by Gasteiger charge is -2.16. The van der Waals surface area contributed by atoms with E-state index in [2.05, 4.69) is 16.6 Å². The van der Waals surface area contributed by atoms with E-state index in [0.29, 0.717) is 5.00 Å². The highest BCUT2D eigenvalue weighted by Gasteiger charge is 2.29. The zero-order valence-electron chi connectivity index (χ0n) is 11.4. The first-order valence-electron chi connectivity index (χ1n) is 6.26. The van der Waals surface area contributed by atoms with Gasteiger partial charge in [-0.2, -0.15) is 4.37 Å². The Kier molecular flexibility index (Phi) is 4.03. The largest absolute Gasteiger partial charge is 0.382 e. The number of sulfonamides is 1. The van der Waals surface area contributed by atoms with Crippen molar-refractivity contribution >= 4 is 32.4 Å². The number of aromatic nitrogens is 1. The molecule has 0 aromatic carbocycles. The Morgan fingerprint density at radius 3 is 2.68 bits per heavy atom. The number of nitrogens with zero attached hydrogens (tertiary/aromatic N) is 2. The van der Waals surface area contributed by atoms with Crippen molar-refractivity contribution in [2.75, 3.05) is 25.1 Å². The smallest absolute Gasteiger partial charge is 0.249 e. The van der Waals surface area contributed by atoms with Gasteiger partial charge in [-0.05, 0) is 30.8 Å². The third kappa shape index (κ3) is 3.18. The first-order chi connectivity index (χ1) is 8.82. The SMILES string of the molecule is CC(CC1CC1)Nc1snc(N)c1S(=O)(=O)N(C)C. The van der Waals surface area contributed by atoms with Gasteiger partial charge in [0.15, 0.2) is 10.7 Å². The Balaban J connectivity index is 2.21. The molecule has 19 heavy (non-hydrogen) atoms. The third-order valence-corrected chi connectivity index (χ3v) is 5.99. The number of nitrogens with one attached hydrogen (secondary N) is 1. The molecule has 1 aliphatic carbocycles. The number of anilines is 2. The van der Waals surface area contributed by atoms with Crippen LogP contribution in [0.1, 0.15) is 26.2 Å². The molecule has 6 nitrogen and oxygen atoms in total. The van der Waals surface area contributed by atoms with Gasteiger partial charge in [0.25, 0.3) is 0 Å². The fraction of sp³-hybridized carbons (Fsp3) is 0.727. The molecule has 0 bridgehead atoms. The predicted octanol–water partition coefficient (Wildman–Crippen LogP) is 1.58. The van der Waals surface area contributed by atoms with E-state index in [9.17, 15) is 8.42 Å². The lowest BCUT2D eigenvalue weighted by atomic mass is 10.2. The lowest BCUT2D eigenvalue weighted by molar-refractivity contribution is 0.521. The van der Waals surface area contributed by atoms with Gasteiger partial charge in [0.05, 0.1) is 0 Å². The molecule has 0 aliphatic heterocycles. The highest BCUT2D eigenvalue weighted by molar-refractivity contribution is 7.89. The average molecular weight is 304 g/mol. The molecule has 1 atom stereocenters. The molecular formula is C11H20N4O2S2. The third-order valence-electron chi connectivity index (χ3n) is 3.17. The van der Waals surface area contributed by atoms with E-state index in [1.165, 1.54) is 26.9 Å². The summed E-state index contributed by atoms with van der Waals surface area (Å²) in [6, 6.07) is 0.225. The minimum Gasteiger partial charge on any atom is -0.382 e. The van der Waals surface area contributed by atoms with Crippen molar-refractivity contribution in [3.8, 4) is 0 Å². The fourth-order valence-corrected chi connectivity index (χ4v) is 4.13. The maximum absolute atomic E-state index is 12.2. The van der Waals surface area contributed by atoms with Crippen LogP contribution >= 0.6 is 11.5 Å². The molecule has 0 spiro atoms. The van der Waals surface area contributed by atoms with Crippen molar-refractivity contribution in [2.45, 2.75) is 37.1 Å². The van der Waals surface area contributed by atoms with Crippen molar-refractivity contribution < 1.29 is 8.42 Å². The van der Waals surface area contributed by atoms with Gasteiger partial charge in [-0.25, -0.2) is 12.7 Å². The molecule has 1 aromatic heterocycles. The predicted molar refractivity (Wildman–Crippen MR) is 77.8 cm³/mol. The summed E-state index contributed by atoms with van der Waals surface area (Å²) >= 11 is 1.10. The Hall–Kier alpha value is -0.860. The standard InChI is InChI=1S/C11H20N4O2S2/c1-7(6-8-4-5-8)13-11-9(10(12)14-18-11)19(16,17)15(2)3/h7-8,13H,4-6H2,1-3H3,(H2,12,14). The van der Waals surface area contributed by atoms with Crippen LogP contribution in [0.25, 0.3) is 0 Å². The van der Waals surface area contributed by atoms with Crippen molar-refractivity contribution in [3.05, 3.63) is 0 Å². The Labute approximate surface area is 118 Å². The van der Waals surface area contributed by atoms with E-state index in [-0.39, 0.29) is 16.8 Å². The average Bonchev–Trinajstić information content (AvgIpc) is 3.01. The number of nitrogens with two attached hydrogens (primary N) is 1. The summed E-state index contributed by atoms with van der Waals surface area (Å²) in [7, 11) is -0.580. The Morgan fingerprint density at radius 1 is 1.53 bits per heavy atom. The fourth-order valence-electron chi connectivity index (χ4n) is 1.95. The molecule has 8 heteroatoms. The van der Waals surface area contributed by atoms with Gasteiger partial charge in [0.1, 0.15) is 5.00 Å². The van der Waals surface area contributed by atoms with E-state index in [1.807, 2.05) is 0 Å². The highest BCUT2D eigenvalue weighted by Crippen LogP contribution is 2.37. The second-order valence-corrected chi connectivity index (χ2v) is 8.10. The molecule has 0 radical (unpaired) electrons. The van der Waals surface area contributed by atoms with Crippen LogP contribution in [0, 0.1) is 5.92 Å². The van der Waals surface area contributed by atoms with Crippen LogP contribution in [0.4, 0.5) is 10.8 Å². The lowest BCUT2D eigenvalue weighted by Crippen LogP contribution is -2.24. The van der Waals surface area contributed by atoms with Gasteiger partial charge in [-0.3, -0.25) is 0 Å². The van der Waals surface area contributed by atoms with E-state index in [1.54, 1.807) is 0 Å². The number of hydrogen-bond donors (Lipinski definition) is 2. The molecule has 1 fully saturated rings. The molecule has 3 N–H and O–H groups in total. The Morgan fingerprint density at radius 2 is 2.16 bits per heavy atom. The summed E-state index contributed by atoms with van der Waals surface area (Å²) in [6.07, 6.45) is 3.61. The van der Waals surface area contributed by atoms with Gasteiger partial charge in [0.2, 0.25) is 10.0 Å². The minimum absolute atomic E-state index is 0.0693. The first kappa shape index (κ1) is 14.5. The molecule has 0 amide bonds. The van der Waals surface area contributed by atoms with Crippen molar-refractivity contribution in [2.24, 2.45) is 5.92 Å². The van der Waals surface area contributed by atoms with Crippen LogP contribution < -0.4 is 11.1 Å². The number of hydrogen-bond acceptors (Lipinski definition) is 6. The van der Waals surface area contributed by atoms with Gasteiger partial charge in [-0.1, -0.05) is 12.8 Å². The molecule has 108 valence electrons. The van der Waals surface area contributed by atoms with Crippen LogP contribution in [0.2, 0.25) is 0 Å². The van der Waals surface area contributed by atoms with Gasteiger partial charge >= 0.3 is 0 Å². The van der Waals surface area contributed by atoms with E-state index >= 15 is 0 Å². The van der Waals surface area contributed by atoms with Gasteiger partial charge < -0.3 is 11.1 Å². The normalized spacial score (nSPS) is 17.7. The summed E-state index contributed by atoms with van der Waals surface area (Å²) in [5.41, 5.74) is 5.71. The number of rotatable bonds is 6. The topological polar surface area (TPSA) is 88.3 Å². The molecule has 1 aromatic rings. The molecular weight excluding hydrogens is 284 g/mol. The Bertz CT molecular complexity index is 549. The van der Waals surface area contributed by atoms with Crippen LogP contribution in [0.15, 0.2) is 4.90 Å². The quantitative estimate of drug-likeness (QED) is 0.833. The maximum atomic E-state index is 12.2. The number of nitrogen functional groups attached to an aromatic ring is 1. The summed E-state index contributed by atoms with van der Waals surface area (Å²) < 4.78 is 29.6. The van der Waals surface area contributed by atoms with Gasteiger partial charge in [-0.15, -0.1) is 0 Å². The molecule has 0 saturated heterocycles. The molecule has 1 heterocycles. The summed E-state index contributed by atoms with van der Waals surface area (Å²) in [5.74, 6) is 0.849. The minimum atomic E-state index is -3.56. The van der Waals surface area contributed by atoms with Crippen LogP contribution in [-0.2, 0) is 10.0 Å². The van der Waals surface area contributed by atoms with E-state index in [0.717, 1.165) is 28.2 Å². The van der Waals surface area contributed by atoms with Crippen molar-refractivity contribution in [1.82, 2.24) is 8.68 Å². The maximum Gasteiger partial charge on any atom is 0.249 e. The summed E-state index contributed by atoms with van der Waals surface area (Å²) in [6.45, 7) is 2.06.